The van der Waals surface area contributed by atoms with Gasteiger partial charge >= 0.3 is 5.97 Å². The Labute approximate surface area is 171 Å². The van der Waals surface area contributed by atoms with Crippen molar-refractivity contribution >= 4 is 27.8 Å². The first-order chi connectivity index (χ1) is 13.5. The quantitative estimate of drug-likeness (QED) is 0.552. The van der Waals surface area contributed by atoms with Gasteiger partial charge in [-0.15, -0.1) is 0 Å². The second-order valence-corrected chi connectivity index (χ2v) is 6.87. The van der Waals surface area contributed by atoms with Gasteiger partial charge in [0.05, 0.1) is 10.0 Å². The Morgan fingerprint density at radius 1 is 0.893 bits per heavy atom. The SMILES string of the molecule is NC(=O)C(OC(=O)c1ccc(COc2ccccc2Br)cc1)c1ccccc1. The zero-order valence-corrected chi connectivity index (χ0v) is 16.5. The predicted molar refractivity (Wildman–Crippen MR) is 109 cm³/mol. The first-order valence-electron chi connectivity index (χ1n) is 8.56. The zero-order valence-electron chi connectivity index (χ0n) is 14.9. The van der Waals surface area contributed by atoms with E-state index in [0.717, 1.165) is 15.8 Å². The number of amides is 1. The van der Waals surface area contributed by atoms with Gasteiger partial charge in [0, 0.05) is 5.56 Å². The van der Waals surface area contributed by atoms with Crippen molar-refractivity contribution in [2.75, 3.05) is 0 Å². The molecule has 3 rings (SSSR count). The number of primary amides is 1. The van der Waals surface area contributed by atoms with Crippen molar-refractivity contribution in [2.45, 2.75) is 12.7 Å². The third kappa shape index (κ3) is 4.98. The average Bonchev–Trinajstić information content (AvgIpc) is 2.72. The van der Waals surface area contributed by atoms with Crippen molar-refractivity contribution in [3.8, 4) is 5.75 Å². The second-order valence-electron chi connectivity index (χ2n) is 6.01. The highest BCUT2D eigenvalue weighted by Crippen LogP contribution is 2.25. The third-order valence-corrected chi connectivity index (χ3v) is 4.66. The Kier molecular flexibility index (Phi) is 6.45. The van der Waals surface area contributed by atoms with Crippen molar-refractivity contribution < 1.29 is 19.1 Å². The van der Waals surface area contributed by atoms with E-state index in [9.17, 15) is 9.59 Å². The first-order valence-corrected chi connectivity index (χ1v) is 9.35. The molecule has 0 saturated heterocycles. The van der Waals surface area contributed by atoms with Crippen LogP contribution in [0.4, 0.5) is 0 Å². The van der Waals surface area contributed by atoms with Gasteiger partial charge in [0.2, 0.25) is 6.10 Å². The largest absolute Gasteiger partial charge is 0.488 e. The number of carbonyl (C=O) groups excluding carboxylic acids is 2. The summed E-state index contributed by atoms with van der Waals surface area (Å²) in [7, 11) is 0. The molecule has 0 aromatic heterocycles. The maximum atomic E-state index is 12.4. The summed E-state index contributed by atoms with van der Waals surface area (Å²) in [5, 5.41) is 0. The molecule has 3 aromatic rings. The van der Waals surface area contributed by atoms with Crippen LogP contribution in [-0.4, -0.2) is 11.9 Å². The molecule has 1 atom stereocenters. The zero-order chi connectivity index (χ0) is 19.9. The molecule has 28 heavy (non-hydrogen) atoms. The number of halogens is 1. The van der Waals surface area contributed by atoms with Crippen molar-refractivity contribution in [3.63, 3.8) is 0 Å². The molecule has 2 N–H and O–H groups in total. The highest BCUT2D eigenvalue weighted by atomic mass is 79.9. The Balaban J connectivity index is 1.64. The van der Waals surface area contributed by atoms with Gasteiger partial charge in [0.25, 0.3) is 5.91 Å². The lowest BCUT2D eigenvalue weighted by molar-refractivity contribution is -0.127. The molecule has 0 aliphatic rings. The molecule has 0 spiro atoms. The number of benzene rings is 3. The Bertz CT molecular complexity index is 958. The average molecular weight is 440 g/mol. The van der Waals surface area contributed by atoms with Crippen molar-refractivity contribution in [1.82, 2.24) is 0 Å². The van der Waals surface area contributed by atoms with Crippen LogP contribution < -0.4 is 10.5 Å². The summed E-state index contributed by atoms with van der Waals surface area (Å²) >= 11 is 3.43. The first kappa shape index (κ1) is 19.6. The van der Waals surface area contributed by atoms with Gasteiger partial charge in [0.15, 0.2) is 0 Å². The number of carbonyl (C=O) groups is 2. The van der Waals surface area contributed by atoms with Crippen molar-refractivity contribution in [2.24, 2.45) is 5.73 Å². The molecule has 0 aliphatic carbocycles. The second kappa shape index (κ2) is 9.19. The van der Waals surface area contributed by atoms with Crippen LogP contribution in [0.2, 0.25) is 0 Å². The molecular weight excluding hydrogens is 422 g/mol. The van der Waals surface area contributed by atoms with Crippen LogP contribution in [0, 0.1) is 0 Å². The number of hydrogen-bond acceptors (Lipinski definition) is 4. The number of hydrogen-bond donors (Lipinski definition) is 1. The van der Waals surface area contributed by atoms with E-state index in [1.54, 1.807) is 54.6 Å². The van der Waals surface area contributed by atoms with Gasteiger partial charge in [0.1, 0.15) is 12.4 Å². The molecular formula is C22H18BrNO4. The Hall–Kier alpha value is -3.12. The highest BCUT2D eigenvalue weighted by Gasteiger charge is 2.23. The maximum Gasteiger partial charge on any atom is 0.339 e. The number of nitrogens with two attached hydrogens (primary N) is 1. The fraction of sp³-hybridized carbons (Fsp3) is 0.0909. The minimum Gasteiger partial charge on any atom is -0.488 e. The molecule has 0 fully saturated rings. The smallest absolute Gasteiger partial charge is 0.339 e. The number of rotatable bonds is 7. The molecule has 0 aliphatic heterocycles. The molecule has 1 unspecified atom stereocenters. The molecule has 6 heteroatoms. The van der Waals surface area contributed by atoms with Gasteiger partial charge in [-0.3, -0.25) is 4.79 Å². The Morgan fingerprint density at radius 2 is 1.54 bits per heavy atom. The van der Waals surface area contributed by atoms with Crippen LogP contribution in [0.1, 0.15) is 27.6 Å². The van der Waals surface area contributed by atoms with Crippen LogP contribution in [0.15, 0.2) is 83.3 Å². The maximum absolute atomic E-state index is 12.4. The van der Waals surface area contributed by atoms with Gasteiger partial charge in [-0.25, -0.2) is 4.79 Å². The van der Waals surface area contributed by atoms with E-state index in [2.05, 4.69) is 15.9 Å². The van der Waals surface area contributed by atoms with Crippen molar-refractivity contribution in [3.05, 3.63) is 100 Å². The molecule has 3 aromatic carbocycles. The molecule has 1 amide bonds. The minimum absolute atomic E-state index is 0.326. The number of ether oxygens (including phenoxy) is 2. The van der Waals surface area contributed by atoms with E-state index in [-0.39, 0.29) is 0 Å². The van der Waals surface area contributed by atoms with E-state index in [4.69, 9.17) is 15.2 Å². The monoisotopic (exact) mass is 439 g/mol. The van der Waals surface area contributed by atoms with Crippen molar-refractivity contribution in [1.29, 1.82) is 0 Å². The predicted octanol–water partition coefficient (Wildman–Crippen LogP) is 4.41. The molecule has 142 valence electrons. The fourth-order valence-corrected chi connectivity index (χ4v) is 2.95. The Morgan fingerprint density at radius 3 is 2.18 bits per heavy atom. The lowest BCUT2D eigenvalue weighted by Gasteiger charge is -2.15. The molecule has 0 heterocycles. The van der Waals surface area contributed by atoms with Crippen LogP contribution in [0.25, 0.3) is 0 Å². The van der Waals surface area contributed by atoms with Crippen LogP contribution >= 0.6 is 15.9 Å². The van der Waals surface area contributed by atoms with E-state index >= 15 is 0 Å². The minimum atomic E-state index is -1.13. The van der Waals surface area contributed by atoms with Crippen LogP contribution in [-0.2, 0) is 16.1 Å². The van der Waals surface area contributed by atoms with E-state index in [1.165, 1.54) is 0 Å². The lowest BCUT2D eigenvalue weighted by Crippen LogP contribution is -2.26. The topological polar surface area (TPSA) is 78.6 Å². The molecule has 0 saturated carbocycles. The number of esters is 1. The molecule has 0 radical (unpaired) electrons. The summed E-state index contributed by atoms with van der Waals surface area (Å²) in [5.74, 6) is -0.609. The van der Waals surface area contributed by atoms with Gasteiger partial charge in [-0.05, 0) is 45.8 Å². The van der Waals surface area contributed by atoms with Crippen LogP contribution in [0.5, 0.6) is 5.75 Å². The highest BCUT2D eigenvalue weighted by molar-refractivity contribution is 9.10. The normalized spacial score (nSPS) is 11.5. The van der Waals surface area contributed by atoms with E-state index in [0.29, 0.717) is 17.7 Å². The lowest BCUT2D eigenvalue weighted by atomic mass is 10.1. The van der Waals surface area contributed by atoms with Crippen LogP contribution in [0.3, 0.4) is 0 Å². The summed E-state index contributed by atoms with van der Waals surface area (Å²) in [5.41, 5.74) is 7.14. The summed E-state index contributed by atoms with van der Waals surface area (Å²) in [6.07, 6.45) is -1.13. The third-order valence-electron chi connectivity index (χ3n) is 4.01. The van der Waals surface area contributed by atoms with E-state index < -0.39 is 18.0 Å². The van der Waals surface area contributed by atoms with Gasteiger partial charge in [-0.1, -0.05) is 54.6 Å². The van der Waals surface area contributed by atoms with Gasteiger partial charge in [-0.2, -0.15) is 0 Å². The molecule has 5 nitrogen and oxygen atoms in total. The summed E-state index contributed by atoms with van der Waals surface area (Å²) in [6.45, 7) is 0.353. The summed E-state index contributed by atoms with van der Waals surface area (Å²) < 4.78 is 11.9. The van der Waals surface area contributed by atoms with E-state index in [1.807, 2.05) is 24.3 Å². The fourth-order valence-electron chi connectivity index (χ4n) is 2.55. The molecule has 0 bridgehead atoms. The number of para-hydroxylation sites is 1. The standard InChI is InChI=1S/C22H18BrNO4/c23-18-8-4-5-9-19(18)27-14-15-10-12-17(13-11-15)22(26)28-20(21(24)25)16-6-2-1-3-7-16/h1-13,20H,14H2,(H2,24,25). The van der Waals surface area contributed by atoms with Gasteiger partial charge < -0.3 is 15.2 Å². The summed E-state index contributed by atoms with van der Waals surface area (Å²) in [4.78, 5) is 24.1. The summed E-state index contributed by atoms with van der Waals surface area (Å²) in [6, 6.07) is 23.0.